The van der Waals surface area contributed by atoms with Crippen LogP contribution in [-0.4, -0.2) is 27.9 Å². The van der Waals surface area contributed by atoms with Gasteiger partial charge in [-0.2, -0.15) is 0 Å². The Labute approximate surface area is 147 Å². The highest BCUT2D eigenvalue weighted by molar-refractivity contribution is 7.89. The van der Waals surface area contributed by atoms with Crippen LogP contribution in [0.1, 0.15) is 28.4 Å². The molecule has 7 heteroatoms. The number of ether oxygens (including phenoxy) is 1. The van der Waals surface area contributed by atoms with Crippen LogP contribution in [0.15, 0.2) is 41.3 Å². The number of nitrogens with zero attached hydrogens (tertiary/aromatic N) is 1. The third kappa shape index (κ3) is 3.52. The number of sulfonamides is 1. The summed E-state index contributed by atoms with van der Waals surface area (Å²) in [5.74, 6) is 0.725. The molecule has 0 atom stereocenters. The van der Waals surface area contributed by atoms with E-state index in [9.17, 15) is 13.2 Å². The van der Waals surface area contributed by atoms with Crippen LogP contribution in [0.5, 0.6) is 5.75 Å². The monoisotopic (exact) mass is 360 g/mol. The van der Waals surface area contributed by atoms with Gasteiger partial charge in [0.05, 0.1) is 12.0 Å². The van der Waals surface area contributed by atoms with E-state index in [-0.39, 0.29) is 10.7 Å². The maximum absolute atomic E-state index is 11.6. The fourth-order valence-electron chi connectivity index (χ4n) is 3.11. The molecule has 0 unspecified atom stereocenters. The van der Waals surface area contributed by atoms with E-state index < -0.39 is 10.0 Å². The van der Waals surface area contributed by atoms with Gasteiger partial charge >= 0.3 is 0 Å². The van der Waals surface area contributed by atoms with Crippen molar-refractivity contribution in [3.63, 3.8) is 0 Å². The largest absolute Gasteiger partial charge is 0.496 e. The van der Waals surface area contributed by atoms with E-state index >= 15 is 0 Å². The number of ketones is 1. The molecule has 0 amide bonds. The van der Waals surface area contributed by atoms with Crippen molar-refractivity contribution in [1.82, 2.24) is 0 Å². The topological polar surface area (TPSA) is 89.7 Å². The molecule has 0 spiro atoms. The highest BCUT2D eigenvalue weighted by Crippen LogP contribution is 2.33. The van der Waals surface area contributed by atoms with Gasteiger partial charge in [-0.1, -0.05) is 0 Å². The molecular weight excluding hydrogens is 340 g/mol. The number of rotatable bonds is 5. The first-order chi connectivity index (χ1) is 11.8. The van der Waals surface area contributed by atoms with E-state index in [1.165, 1.54) is 13.0 Å². The van der Waals surface area contributed by atoms with Gasteiger partial charge in [-0.25, -0.2) is 13.6 Å². The molecule has 0 aromatic heterocycles. The van der Waals surface area contributed by atoms with Gasteiger partial charge in [-0.3, -0.25) is 4.79 Å². The second-order valence-corrected chi connectivity index (χ2v) is 7.65. The minimum absolute atomic E-state index is 0.00326. The smallest absolute Gasteiger partial charge is 0.238 e. The summed E-state index contributed by atoms with van der Waals surface area (Å²) in [4.78, 5) is 13.9. The maximum atomic E-state index is 11.6. The zero-order valence-corrected chi connectivity index (χ0v) is 15.0. The molecule has 0 fully saturated rings. The first-order valence-electron chi connectivity index (χ1n) is 7.88. The quantitative estimate of drug-likeness (QED) is 0.825. The SMILES string of the molecule is COc1ccc(C(C)=O)cc1CN1CCc2cc(S(N)(=O)=O)ccc21. The summed E-state index contributed by atoms with van der Waals surface area (Å²) >= 11 is 0. The number of carbonyl (C=O) groups is 1. The lowest BCUT2D eigenvalue weighted by atomic mass is 10.1. The maximum Gasteiger partial charge on any atom is 0.238 e. The second kappa shape index (κ2) is 6.50. The first kappa shape index (κ1) is 17.4. The normalized spacial score (nSPS) is 13.6. The number of nitrogens with two attached hydrogens (primary N) is 1. The summed E-state index contributed by atoms with van der Waals surface area (Å²) < 4.78 is 28.4. The fourth-order valence-corrected chi connectivity index (χ4v) is 3.68. The Morgan fingerprint density at radius 2 is 2.00 bits per heavy atom. The van der Waals surface area contributed by atoms with E-state index in [0.29, 0.717) is 12.1 Å². The summed E-state index contributed by atoms with van der Waals surface area (Å²) in [5, 5.41) is 5.20. The lowest BCUT2D eigenvalue weighted by molar-refractivity contribution is 0.101. The number of Topliss-reactive ketones (excluding diaryl/α,β-unsaturated/α-hetero) is 1. The molecule has 132 valence electrons. The van der Waals surface area contributed by atoms with E-state index in [1.54, 1.807) is 31.4 Å². The molecule has 3 rings (SSSR count). The van der Waals surface area contributed by atoms with Gasteiger partial charge in [-0.05, 0) is 55.3 Å². The van der Waals surface area contributed by atoms with Crippen LogP contribution in [-0.2, 0) is 23.0 Å². The van der Waals surface area contributed by atoms with Crippen molar-refractivity contribution in [1.29, 1.82) is 0 Å². The average molecular weight is 360 g/mol. The molecule has 0 radical (unpaired) electrons. The van der Waals surface area contributed by atoms with Crippen LogP contribution in [0.25, 0.3) is 0 Å². The summed E-state index contributed by atoms with van der Waals surface area (Å²) in [6, 6.07) is 10.3. The molecular formula is C18H20N2O4S. The molecule has 0 bridgehead atoms. The first-order valence-corrected chi connectivity index (χ1v) is 9.43. The minimum Gasteiger partial charge on any atom is -0.496 e. The molecule has 2 aromatic carbocycles. The van der Waals surface area contributed by atoms with Gasteiger partial charge in [0.25, 0.3) is 0 Å². The van der Waals surface area contributed by atoms with E-state index in [0.717, 1.165) is 35.5 Å². The van der Waals surface area contributed by atoms with Gasteiger partial charge in [0, 0.05) is 29.9 Å². The molecule has 0 saturated heterocycles. The van der Waals surface area contributed by atoms with Gasteiger partial charge in [0.2, 0.25) is 10.0 Å². The zero-order chi connectivity index (χ0) is 18.2. The van der Waals surface area contributed by atoms with E-state index in [1.807, 2.05) is 6.07 Å². The number of hydrogen-bond acceptors (Lipinski definition) is 5. The Kier molecular flexibility index (Phi) is 4.53. The van der Waals surface area contributed by atoms with Crippen molar-refractivity contribution in [2.45, 2.75) is 24.8 Å². The molecule has 2 aromatic rings. The lowest BCUT2D eigenvalue weighted by Crippen LogP contribution is -2.20. The molecule has 0 aliphatic carbocycles. The predicted molar refractivity (Wildman–Crippen MR) is 95.6 cm³/mol. The fraction of sp³-hybridized carbons (Fsp3) is 0.278. The van der Waals surface area contributed by atoms with Crippen LogP contribution >= 0.6 is 0 Å². The van der Waals surface area contributed by atoms with Gasteiger partial charge < -0.3 is 9.64 Å². The Balaban J connectivity index is 1.92. The number of methoxy groups -OCH3 is 1. The highest BCUT2D eigenvalue weighted by Gasteiger charge is 2.22. The molecule has 0 saturated carbocycles. The molecule has 1 aliphatic heterocycles. The summed E-state index contributed by atoms with van der Waals surface area (Å²) in [5.41, 5.74) is 3.48. The van der Waals surface area contributed by atoms with Crippen molar-refractivity contribution in [2.75, 3.05) is 18.6 Å². The summed E-state index contributed by atoms with van der Waals surface area (Å²) in [7, 11) is -2.10. The zero-order valence-electron chi connectivity index (χ0n) is 14.2. The number of benzene rings is 2. The van der Waals surface area contributed by atoms with Crippen molar-refractivity contribution >= 4 is 21.5 Å². The van der Waals surface area contributed by atoms with Gasteiger partial charge in [-0.15, -0.1) is 0 Å². The Morgan fingerprint density at radius 3 is 2.64 bits per heavy atom. The summed E-state index contributed by atoms with van der Waals surface area (Å²) in [6.45, 7) is 2.87. The van der Waals surface area contributed by atoms with Gasteiger partial charge in [0.15, 0.2) is 5.78 Å². The highest BCUT2D eigenvalue weighted by atomic mass is 32.2. The van der Waals surface area contributed by atoms with Crippen LogP contribution in [0.3, 0.4) is 0 Å². The Hall–Kier alpha value is -2.38. The van der Waals surface area contributed by atoms with Crippen LogP contribution in [0, 0.1) is 0 Å². The second-order valence-electron chi connectivity index (χ2n) is 6.09. The molecule has 1 aliphatic rings. The number of carbonyl (C=O) groups excluding carboxylic acids is 1. The van der Waals surface area contributed by atoms with Crippen LogP contribution in [0.2, 0.25) is 0 Å². The van der Waals surface area contributed by atoms with Crippen molar-refractivity contribution in [2.24, 2.45) is 5.14 Å². The lowest BCUT2D eigenvalue weighted by Gasteiger charge is -2.21. The average Bonchev–Trinajstić information content (AvgIpc) is 2.96. The predicted octanol–water partition coefficient (Wildman–Crippen LogP) is 2.11. The van der Waals surface area contributed by atoms with Crippen molar-refractivity contribution < 1.29 is 17.9 Å². The molecule has 1 heterocycles. The Bertz CT molecular complexity index is 938. The van der Waals surface area contributed by atoms with E-state index in [2.05, 4.69) is 4.90 Å². The minimum atomic E-state index is -3.70. The molecule has 2 N–H and O–H groups in total. The van der Waals surface area contributed by atoms with Gasteiger partial charge in [0.1, 0.15) is 5.75 Å². The third-order valence-electron chi connectivity index (χ3n) is 4.42. The standard InChI is InChI=1S/C18H20N2O4S/c1-12(21)13-3-6-18(24-2)15(9-13)11-20-8-7-14-10-16(25(19,22)23)4-5-17(14)20/h3-6,9-10H,7-8,11H2,1-2H3,(H2,19,22,23). The summed E-state index contributed by atoms with van der Waals surface area (Å²) in [6.07, 6.45) is 0.743. The number of anilines is 1. The number of fused-ring (bicyclic) bond motifs is 1. The van der Waals surface area contributed by atoms with E-state index in [4.69, 9.17) is 9.88 Å². The van der Waals surface area contributed by atoms with Crippen LogP contribution in [0.4, 0.5) is 5.69 Å². The Morgan fingerprint density at radius 1 is 1.24 bits per heavy atom. The molecule has 6 nitrogen and oxygen atoms in total. The number of primary sulfonamides is 1. The van der Waals surface area contributed by atoms with Crippen LogP contribution < -0.4 is 14.8 Å². The van der Waals surface area contributed by atoms with Crippen molar-refractivity contribution in [3.05, 3.63) is 53.1 Å². The third-order valence-corrected chi connectivity index (χ3v) is 5.33. The van der Waals surface area contributed by atoms with Crippen molar-refractivity contribution in [3.8, 4) is 5.75 Å². The number of hydrogen-bond donors (Lipinski definition) is 1. The molecule has 25 heavy (non-hydrogen) atoms.